The Kier molecular flexibility index (Phi) is 3.60. The van der Waals surface area contributed by atoms with Crippen LogP contribution in [0.2, 0.25) is 0 Å². The van der Waals surface area contributed by atoms with Gasteiger partial charge in [0.15, 0.2) is 0 Å². The van der Waals surface area contributed by atoms with Crippen molar-refractivity contribution >= 4 is 5.91 Å². The van der Waals surface area contributed by atoms with Crippen molar-refractivity contribution in [3.63, 3.8) is 0 Å². The van der Waals surface area contributed by atoms with Crippen LogP contribution in [-0.4, -0.2) is 34.1 Å². The molecule has 0 aromatic rings. The fourth-order valence-corrected chi connectivity index (χ4v) is 4.31. The quantitative estimate of drug-likeness (QED) is 0.837. The lowest BCUT2D eigenvalue weighted by Gasteiger charge is -2.37. The van der Waals surface area contributed by atoms with Crippen molar-refractivity contribution in [3.8, 4) is 0 Å². The minimum absolute atomic E-state index is 0.165. The lowest BCUT2D eigenvalue weighted by Crippen LogP contribution is -2.48. The SMILES string of the molecule is O=C(CCC1CCCC1)N1C2CCC1CC(O)C2. The Morgan fingerprint density at radius 3 is 2.28 bits per heavy atom. The second-order valence-corrected chi connectivity index (χ2v) is 6.50. The summed E-state index contributed by atoms with van der Waals surface area (Å²) in [5.74, 6) is 1.17. The van der Waals surface area contributed by atoms with E-state index in [2.05, 4.69) is 4.90 Å². The van der Waals surface area contributed by atoms with Crippen molar-refractivity contribution in [1.82, 2.24) is 4.90 Å². The van der Waals surface area contributed by atoms with E-state index in [1.54, 1.807) is 0 Å². The molecule has 3 fully saturated rings. The van der Waals surface area contributed by atoms with E-state index in [9.17, 15) is 9.90 Å². The summed E-state index contributed by atoms with van der Waals surface area (Å²) in [7, 11) is 0. The van der Waals surface area contributed by atoms with Crippen LogP contribution in [0.1, 0.15) is 64.2 Å². The zero-order valence-electron chi connectivity index (χ0n) is 11.2. The number of carbonyl (C=O) groups excluding carboxylic acids is 1. The fraction of sp³-hybridized carbons (Fsp3) is 0.933. The molecule has 0 radical (unpaired) electrons. The van der Waals surface area contributed by atoms with Crippen LogP contribution < -0.4 is 0 Å². The van der Waals surface area contributed by atoms with Crippen LogP contribution in [-0.2, 0) is 4.79 Å². The summed E-state index contributed by atoms with van der Waals surface area (Å²) in [6.45, 7) is 0. The van der Waals surface area contributed by atoms with Crippen molar-refractivity contribution < 1.29 is 9.90 Å². The second-order valence-electron chi connectivity index (χ2n) is 6.50. The van der Waals surface area contributed by atoms with E-state index in [4.69, 9.17) is 0 Å². The predicted molar refractivity (Wildman–Crippen MR) is 70.1 cm³/mol. The van der Waals surface area contributed by atoms with E-state index in [-0.39, 0.29) is 6.10 Å². The van der Waals surface area contributed by atoms with Crippen molar-refractivity contribution in [3.05, 3.63) is 0 Å². The first-order valence-electron chi connectivity index (χ1n) is 7.73. The van der Waals surface area contributed by atoms with Crippen LogP contribution in [0.5, 0.6) is 0 Å². The van der Waals surface area contributed by atoms with Gasteiger partial charge in [-0.15, -0.1) is 0 Å². The minimum atomic E-state index is -0.165. The lowest BCUT2D eigenvalue weighted by atomic mass is 9.97. The molecular weight excluding hydrogens is 226 g/mol. The molecule has 2 aliphatic heterocycles. The molecule has 3 nitrogen and oxygen atoms in total. The van der Waals surface area contributed by atoms with Crippen LogP contribution in [0.4, 0.5) is 0 Å². The van der Waals surface area contributed by atoms with Crippen LogP contribution in [0.3, 0.4) is 0 Å². The average Bonchev–Trinajstić information content (AvgIpc) is 2.94. The van der Waals surface area contributed by atoms with E-state index in [0.29, 0.717) is 18.0 Å². The third-order valence-electron chi connectivity index (χ3n) is 5.24. The van der Waals surface area contributed by atoms with Gasteiger partial charge < -0.3 is 10.0 Å². The first-order valence-corrected chi connectivity index (χ1v) is 7.73. The van der Waals surface area contributed by atoms with Crippen molar-refractivity contribution in [1.29, 1.82) is 0 Å². The Hall–Kier alpha value is -0.570. The Morgan fingerprint density at radius 1 is 1.06 bits per heavy atom. The van der Waals surface area contributed by atoms with Crippen LogP contribution in [0, 0.1) is 5.92 Å². The molecule has 2 bridgehead atoms. The van der Waals surface area contributed by atoms with Gasteiger partial charge in [-0.2, -0.15) is 0 Å². The van der Waals surface area contributed by atoms with E-state index in [1.807, 2.05) is 0 Å². The fourth-order valence-electron chi connectivity index (χ4n) is 4.31. The number of hydrogen-bond acceptors (Lipinski definition) is 2. The van der Waals surface area contributed by atoms with Gasteiger partial charge in [-0.25, -0.2) is 0 Å². The topological polar surface area (TPSA) is 40.5 Å². The molecule has 0 aromatic carbocycles. The first-order chi connectivity index (χ1) is 8.74. The predicted octanol–water partition coefficient (Wildman–Crippen LogP) is 2.47. The van der Waals surface area contributed by atoms with E-state index >= 15 is 0 Å². The van der Waals surface area contributed by atoms with Gasteiger partial charge in [0, 0.05) is 18.5 Å². The maximum Gasteiger partial charge on any atom is 0.223 e. The Balaban J connectivity index is 1.53. The summed E-state index contributed by atoms with van der Waals surface area (Å²) >= 11 is 0. The number of rotatable bonds is 3. The van der Waals surface area contributed by atoms with E-state index < -0.39 is 0 Å². The molecule has 0 aromatic heterocycles. The molecule has 3 aliphatic rings. The number of fused-ring (bicyclic) bond motifs is 2. The summed E-state index contributed by atoms with van der Waals surface area (Å²) in [6.07, 6.45) is 10.9. The normalized spacial score (nSPS) is 36.3. The summed E-state index contributed by atoms with van der Waals surface area (Å²) in [5, 5.41) is 9.75. The number of hydrogen-bond donors (Lipinski definition) is 1. The molecule has 18 heavy (non-hydrogen) atoms. The number of piperidine rings is 1. The average molecular weight is 251 g/mol. The maximum atomic E-state index is 12.4. The zero-order chi connectivity index (χ0) is 12.5. The van der Waals surface area contributed by atoms with Gasteiger partial charge in [0.05, 0.1) is 6.10 Å². The first kappa shape index (κ1) is 12.5. The highest BCUT2D eigenvalue weighted by atomic mass is 16.3. The van der Waals surface area contributed by atoms with Gasteiger partial charge in [-0.05, 0) is 38.0 Å². The zero-order valence-corrected chi connectivity index (χ0v) is 11.2. The van der Waals surface area contributed by atoms with Crippen molar-refractivity contribution in [2.45, 2.75) is 82.4 Å². The molecule has 1 N–H and O–H groups in total. The Morgan fingerprint density at radius 2 is 1.67 bits per heavy atom. The number of aliphatic hydroxyl groups excluding tert-OH is 1. The molecule has 102 valence electrons. The molecule has 1 saturated carbocycles. The van der Waals surface area contributed by atoms with Crippen LogP contribution >= 0.6 is 0 Å². The Bertz CT molecular complexity index is 298. The molecule has 2 unspecified atom stereocenters. The van der Waals surface area contributed by atoms with Gasteiger partial charge in [0.1, 0.15) is 0 Å². The largest absolute Gasteiger partial charge is 0.393 e. The highest BCUT2D eigenvalue weighted by molar-refractivity contribution is 5.77. The van der Waals surface area contributed by atoms with E-state index in [0.717, 1.165) is 44.4 Å². The Labute approximate surface area is 110 Å². The molecule has 1 aliphatic carbocycles. The van der Waals surface area contributed by atoms with Gasteiger partial charge in [0.2, 0.25) is 5.91 Å². The molecule has 3 heteroatoms. The number of carbonyl (C=O) groups is 1. The second kappa shape index (κ2) is 5.20. The number of aliphatic hydroxyl groups is 1. The van der Waals surface area contributed by atoms with Gasteiger partial charge in [-0.1, -0.05) is 25.7 Å². The highest BCUT2D eigenvalue weighted by Gasteiger charge is 2.42. The van der Waals surface area contributed by atoms with Crippen molar-refractivity contribution in [2.75, 3.05) is 0 Å². The van der Waals surface area contributed by atoms with Gasteiger partial charge >= 0.3 is 0 Å². The third kappa shape index (κ3) is 2.42. The highest BCUT2D eigenvalue weighted by Crippen LogP contribution is 2.37. The number of nitrogens with zero attached hydrogens (tertiary/aromatic N) is 1. The monoisotopic (exact) mass is 251 g/mol. The van der Waals surface area contributed by atoms with Gasteiger partial charge in [0.25, 0.3) is 0 Å². The van der Waals surface area contributed by atoms with Crippen LogP contribution in [0.15, 0.2) is 0 Å². The molecule has 2 heterocycles. The summed E-state index contributed by atoms with van der Waals surface area (Å²) < 4.78 is 0. The summed E-state index contributed by atoms with van der Waals surface area (Å²) in [4.78, 5) is 14.5. The standard InChI is InChI=1S/C15H25NO2/c17-14-9-12-6-7-13(10-14)16(12)15(18)8-5-11-3-1-2-4-11/h11-14,17H,1-10H2. The molecular formula is C15H25NO2. The molecule has 3 rings (SSSR count). The third-order valence-corrected chi connectivity index (χ3v) is 5.24. The molecule has 1 amide bonds. The maximum absolute atomic E-state index is 12.4. The molecule has 2 atom stereocenters. The number of amides is 1. The van der Waals surface area contributed by atoms with Crippen LogP contribution in [0.25, 0.3) is 0 Å². The van der Waals surface area contributed by atoms with Gasteiger partial charge in [-0.3, -0.25) is 4.79 Å². The summed E-state index contributed by atoms with van der Waals surface area (Å²) in [6, 6.07) is 0.685. The molecule has 2 saturated heterocycles. The van der Waals surface area contributed by atoms with E-state index in [1.165, 1.54) is 25.7 Å². The molecule has 0 spiro atoms. The minimum Gasteiger partial charge on any atom is -0.393 e. The lowest BCUT2D eigenvalue weighted by molar-refractivity contribution is -0.137. The van der Waals surface area contributed by atoms with Crippen molar-refractivity contribution in [2.24, 2.45) is 5.92 Å². The smallest absolute Gasteiger partial charge is 0.223 e. The summed E-state index contributed by atoms with van der Waals surface area (Å²) in [5.41, 5.74) is 0.